The number of carbonyl (C=O) groups excluding carboxylic acids is 1. The number of rotatable bonds is 8. The third kappa shape index (κ3) is 5.24. The van der Waals surface area contributed by atoms with Crippen LogP contribution in [0.5, 0.6) is 0 Å². The van der Waals surface area contributed by atoms with Crippen LogP contribution >= 0.6 is 0 Å². The Bertz CT molecular complexity index is 1000. The van der Waals surface area contributed by atoms with E-state index in [1.807, 2.05) is 4.57 Å². The summed E-state index contributed by atoms with van der Waals surface area (Å²) in [6, 6.07) is 2.97. The maximum Gasteiger partial charge on any atom is 0.269 e. The highest BCUT2D eigenvalue weighted by atomic mass is 32.2. The number of amides is 1. The molecule has 0 radical (unpaired) electrons. The van der Waals surface area contributed by atoms with Crippen molar-refractivity contribution in [2.45, 2.75) is 50.8 Å². The number of hydrogen-bond acceptors (Lipinski definition) is 5. The monoisotopic (exact) mass is 438 g/mol. The smallest absolute Gasteiger partial charge is 0.269 e. The van der Waals surface area contributed by atoms with E-state index in [0.717, 1.165) is 19.3 Å². The zero-order chi connectivity index (χ0) is 21.7. The minimum atomic E-state index is -3.71. The fourth-order valence-corrected chi connectivity index (χ4v) is 4.91. The third-order valence-electron chi connectivity index (χ3n) is 5.28. The van der Waals surface area contributed by atoms with E-state index in [-0.39, 0.29) is 11.1 Å². The average Bonchev–Trinajstić information content (AvgIpc) is 3.22. The molecule has 0 aliphatic heterocycles. The largest absolute Gasteiger partial charge is 0.383 e. The summed E-state index contributed by atoms with van der Waals surface area (Å²) >= 11 is 0. The van der Waals surface area contributed by atoms with Crippen molar-refractivity contribution in [1.82, 2.24) is 19.8 Å². The molecular formula is C20H27FN4O4S. The van der Waals surface area contributed by atoms with Crippen LogP contribution in [0.4, 0.5) is 4.39 Å². The Morgan fingerprint density at radius 3 is 2.73 bits per heavy atom. The number of halogens is 1. The van der Waals surface area contributed by atoms with Gasteiger partial charge in [-0.3, -0.25) is 10.2 Å². The second kappa shape index (κ2) is 9.67. The predicted octanol–water partition coefficient (Wildman–Crippen LogP) is 2.54. The molecule has 1 fully saturated rings. The SMILES string of the molecule is COCCn1cnc(-c2cc(C)c(F)c(C(=O)NNS(=O)(=O)C3CCCCC3)c2)c1. The Labute approximate surface area is 175 Å². The van der Waals surface area contributed by atoms with E-state index in [2.05, 4.69) is 15.2 Å². The van der Waals surface area contributed by atoms with E-state index in [1.54, 1.807) is 32.6 Å². The molecule has 1 aromatic heterocycles. The van der Waals surface area contributed by atoms with Crippen LogP contribution in [0.3, 0.4) is 0 Å². The topological polar surface area (TPSA) is 102 Å². The van der Waals surface area contributed by atoms with E-state index in [0.29, 0.717) is 37.3 Å². The molecule has 0 saturated heterocycles. The van der Waals surface area contributed by atoms with Gasteiger partial charge in [-0.2, -0.15) is 0 Å². The van der Waals surface area contributed by atoms with Crippen LogP contribution in [0, 0.1) is 12.7 Å². The number of hydrogen-bond donors (Lipinski definition) is 2. The van der Waals surface area contributed by atoms with Crippen LogP contribution in [0.15, 0.2) is 24.7 Å². The normalized spacial score (nSPS) is 15.3. The van der Waals surface area contributed by atoms with Gasteiger partial charge in [-0.25, -0.2) is 17.8 Å². The Balaban J connectivity index is 1.76. The summed E-state index contributed by atoms with van der Waals surface area (Å²) in [7, 11) is -2.10. The number of methoxy groups -OCH3 is 1. The van der Waals surface area contributed by atoms with Crippen molar-refractivity contribution in [2.75, 3.05) is 13.7 Å². The summed E-state index contributed by atoms with van der Waals surface area (Å²) in [5, 5.41) is -0.541. The maximum absolute atomic E-state index is 14.6. The van der Waals surface area contributed by atoms with E-state index in [9.17, 15) is 17.6 Å². The fourth-order valence-electron chi connectivity index (χ4n) is 3.55. The molecule has 30 heavy (non-hydrogen) atoms. The minimum Gasteiger partial charge on any atom is -0.383 e. The molecule has 2 N–H and O–H groups in total. The number of benzene rings is 1. The van der Waals surface area contributed by atoms with Crippen LogP contribution in [0.2, 0.25) is 0 Å². The van der Waals surface area contributed by atoms with Gasteiger partial charge in [-0.05, 0) is 37.5 Å². The number of aromatic nitrogens is 2. The van der Waals surface area contributed by atoms with Crippen molar-refractivity contribution in [3.05, 3.63) is 41.6 Å². The molecule has 10 heteroatoms. The maximum atomic E-state index is 14.6. The van der Waals surface area contributed by atoms with Crippen molar-refractivity contribution in [3.8, 4) is 11.3 Å². The highest BCUT2D eigenvalue weighted by Gasteiger charge is 2.28. The zero-order valence-electron chi connectivity index (χ0n) is 17.2. The minimum absolute atomic E-state index is 0.247. The molecule has 0 unspecified atom stereocenters. The predicted molar refractivity (Wildman–Crippen MR) is 111 cm³/mol. The van der Waals surface area contributed by atoms with E-state index in [4.69, 9.17) is 4.74 Å². The van der Waals surface area contributed by atoms with Crippen molar-refractivity contribution < 1.29 is 22.3 Å². The van der Waals surface area contributed by atoms with Gasteiger partial charge in [-0.15, -0.1) is 4.83 Å². The first-order chi connectivity index (χ1) is 14.3. The van der Waals surface area contributed by atoms with Gasteiger partial charge in [0.2, 0.25) is 10.0 Å². The van der Waals surface area contributed by atoms with Gasteiger partial charge >= 0.3 is 0 Å². The van der Waals surface area contributed by atoms with Crippen LogP contribution < -0.4 is 10.3 Å². The van der Waals surface area contributed by atoms with Crippen molar-refractivity contribution >= 4 is 15.9 Å². The molecule has 0 atom stereocenters. The molecule has 1 heterocycles. The number of ether oxygens (including phenoxy) is 1. The van der Waals surface area contributed by atoms with E-state index in [1.165, 1.54) is 6.07 Å². The lowest BCUT2D eigenvalue weighted by Gasteiger charge is -2.22. The molecule has 2 aromatic rings. The summed E-state index contributed by atoms with van der Waals surface area (Å²) in [6.07, 6.45) is 7.21. The zero-order valence-corrected chi connectivity index (χ0v) is 18.0. The van der Waals surface area contributed by atoms with Gasteiger partial charge in [0, 0.05) is 25.4 Å². The summed E-state index contributed by atoms with van der Waals surface area (Å²) in [5.41, 5.74) is 3.31. The first-order valence-corrected chi connectivity index (χ1v) is 11.5. The van der Waals surface area contributed by atoms with Gasteiger partial charge in [0.05, 0.1) is 29.4 Å². The van der Waals surface area contributed by atoms with E-state index < -0.39 is 27.0 Å². The lowest BCUT2D eigenvalue weighted by atomic mass is 10.0. The second-order valence-electron chi connectivity index (χ2n) is 7.51. The van der Waals surface area contributed by atoms with Gasteiger partial charge in [0.15, 0.2) is 0 Å². The summed E-state index contributed by atoms with van der Waals surface area (Å²) in [5.74, 6) is -1.55. The molecule has 0 spiro atoms. The highest BCUT2D eigenvalue weighted by molar-refractivity contribution is 7.90. The third-order valence-corrected chi connectivity index (χ3v) is 7.02. The van der Waals surface area contributed by atoms with Crippen molar-refractivity contribution in [2.24, 2.45) is 0 Å². The molecule has 1 amide bonds. The molecule has 1 aromatic carbocycles. The highest BCUT2D eigenvalue weighted by Crippen LogP contribution is 2.25. The Morgan fingerprint density at radius 2 is 2.03 bits per heavy atom. The molecule has 3 rings (SSSR count). The van der Waals surface area contributed by atoms with Gasteiger partial charge in [-0.1, -0.05) is 19.3 Å². The summed E-state index contributed by atoms with van der Waals surface area (Å²) in [4.78, 5) is 19.0. The number of sulfonamides is 1. The Kier molecular flexibility index (Phi) is 7.22. The number of nitrogens with zero attached hydrogens (tertiary/aromatic N) is 2. The van der Waals surface area contributed by atoms with Gasteiger partial charge < -0.3 is 9.30 Å². The number of imidazole rings is 1. The number of hydrazine groups is 1. The van der Waals surface area contributed by atoms with Gasteiger partial charge in [0.1, 0.15) is 5.82 Å². The standard InChI is InChI=1S/C20H27FN4O4S/c1-14-10-15(18-12-25(13-22-18)8-9-29-2)11-17(19(14)21)20(26)23-24-30(27,28)16-6-4-3-5-7-16/h10-13,16,24H,3-9H2,1-2H3,(H,23,26). The lowest BCUT2D eigenvalue weighted by molar-refractivity contribution is 0.0940. The number of aryl methyl sites for hydroxylation is 1. The van der Waals surface area contributed by atoms with Gasteiger partial charge in [0.25, 0.3) is 5.91 Å². The summed E-state index contributed by atoms with van der Waals surface area (Å²) < 4.78 is 46.3. The second-order valence-corrected chi connectivity index (χ2v) is 9.47. The van der Waals surface area contributed by atoms with Crippen molar-refractivity contribution in [3.63, 3.8) is 0 Å². The van der Waals surface area contributed by atoms with Crippen LogP contribution in [-0.2, 0) is 21.3 Å². The quantitative estimate of drug-likeness (QED) is 0.617. The lowest BCUT2D eigenvalue weighted by Crippen LogP contribution is -2.46. The molecule has 164 valence electrons. The van der Waals surface area contributed by atoms with Crippen LogP contribution in [0.1, 0.15) is 48.0 Å². The van der Waals surface area contributed by atoms with Crippen molar-refractivity contribution in [1.29, 1.82) is 0 Å². The van der Waals surface area contributed by atoms with Crippen LogP contribution in [-0.4, -0.2) is 42.8 Å². The molecule has 1 aliphatic rings. The molecular weight excluding hydrogens is 411 g/mol. The number of carbonyl (C=O) groups is 1. The molecule has 0 bridgehead atoms. The molecule has 8 nitrogen and oxygen atoms in total. The Morgan fingerprint density at radius 1 is 1.30 bits per heavy atom. The molecule has 1 saturated carbocycles. The Hall–Kier alpha value is -2.30. The fraction of sp³-hybridized carbons (Fsp3) is 0.500. The average molecular weight is 439 g/mol. The molecule has 1 aliphatic carbocycles. The summed E-state index contributed by atoms with van der Waals surface area (Å²) in [6.45, 7) is 2.68. The number of nitrogens with one attached hydrogen (secondary N) is 2. The first-order valence-electron chi connectivity index (χ1n) is 9.94. The first kappa shape index (κ1) is 22.4. The van der Waals surface area contributed by atoms with Crippen LogP contribution in [0.25, 0.3) is 11.3 Å². The van der Waals surface area contributed by atoms with E-state index >= 15 is 0 Å².